The standard InChI is InChI=1S/C22H20N4O4/c1-25-21(28)19-13(12-8-9-16(29-2)17(10-12)30-3)11-18(27)24-20(19)26-15-7-5-4-6-14(15)23-22(25)26/h4-10,13H,11H2,1-3H3,(H,24,27)/t13-/m0/s1. The van der Waals surface area contributed by atoms with Crippen molar-refractivity contribution in [1.82, 2.24) is 14.0 Å². The van der Waals surface area contributed by atoms with Gasteiger partial charge in [0.2, 0.25) is 11.7 Å². The number of aromatic nitrogens is 3. The first-order valence-electron chi connectivity index (χ1n) is 9.55. The maximum absolute atomic E-state index is 13.4. The van der Waals surface area contributed by atoms with Gasteiger partial charge in [0.15, 0.2) is 11.5 Å². The number of nitrogens with one attached hydrogen (secondary N) is 1. The van der Waals surface area contributed by atoms with E-state index in [4.69, 9.17) is 9.47 Å². The van der Waals surface area contributed by atoms with Gasteiger partial charge in [-0.25, -0.2) is 4.98 Å². The fraction of sp³-hybridized carbons (Fsp3) is 0.227. The second kappa shape index (κ2) is 6.62. The van der Waals surface area contributed by atoms with Crippen LogP contribution < -0.4 is 20.3 Å². The first kappa shape index (κ1) is 18.2. The average molecular weight is 404 g/mol. The highest BCUT2D eigenvalue weighted by molar-refractivity contribution is 5.96. The molecular formula is C22H20N4O4. The molecule has 0 spiro atoms. The number of nitrogens with zero attached hydrogens (tertiary/aromatic N) is 3. The molecule has 0 saturated heterocycles. The van der Waals surface area contributed by atoms with Crippen LogP contribution in [-0.2, 0) is 11.8 Å². The van der Waals surface area contributed by atoms with E-state index < -0.39 is 5.92 Å². The molecule has 8 nitrogen and oxygen atoms in total. The fourth-order valence-electron chi connectivity index (χ4n) is 4.21. The molecule has 0 aliphatic carbocycles. The smallest absolute Gasteiger partial charge is 0.260 e. The van der Waals surface area contributed by atoms with Crippen LogP contribution in [0.4, 0.5) is 5.82 Å². The predicted octanol–water partition coefficient (Wildman–Crippen LogP) is 2.68. The van der Waals surface area contributed by atoms with Crippen LogP contribution in [0.15, 0.2) is 47.3 Å². The van der Waals surface area contributed by atoms with E-state index in [1.807, 2.05) is 40.8 Å². The van der Waals surface area contributed by atoms with Gasteiger partial charge in [-0.2, -0.15) is 0 Å². The minimum Gasteiger partial charge on any atom is -0.493 e. The zero-order valence-electron chi connectivity index (χ0n) is 16.8. The molecule has 8 heteroatoms. The van der Waals surface area contributed by atoms with Crippen LogP contribution in [0.2, 0.25) is 0 Å². The number of fused-ring (bicyclic) bond motifs is 5. The Morgan fingerprint density at radius 3 is 2.60 bits per heavy atom. The number of carbonyl (C=O) groups excluding carboxylic acids is 1. The zero-order valence-corrected chi connectivity index (χ0v) is 16.8. The van der Waals surface area contributed by atoms with Gasteiger partial charge >= 0.3 is 0 Å². The van der Waals surface area contributed by atoms with Gasteiger partial charge in [0.05, 0.1) is 30.8 Å². The quantitative estimate of drug-likeness (QED) is 0.567. The van der Waals surface area contributed by atoms with E-state index in [1.165, 1.54) is 4.57 Å². The summed E-state index contributed by atoms with van der Waals surface area (Å²) in [6.45, 7) is 0. The monoisotopic (exact) mass is 404 g/mol. The van der Waals surface area contributed by atoms with Crippen LogP contribution in [0.3, 0.4) is 0 Å². The lowest BCUT2D eigenvalue weighted by molar-refractivity contribution is -0.116. The molecule has 152 valence electrons. The lowest BCUT2D eigenvalue weighted by Crippen LogP contribution is -2.35. The molecule has 30 heavy (non-hydrogen) atoms. The predicted molar refractivity (Wildman–Crippen MR) is 113 cm³/mol. The van der Waals surface area contributed by atoms with Gasteiger partial charge in [-0.3, -0.25) is 18.6 Å². The maximum atomic E-state index is 13.4. The molecule has 1 aliphatic rings. The summed E-state index contributed by atoms with van der Waals surface area (Å²) in [5.74, 6) is 1.51. The third-order valence-electron chi connectivity index (χ3n) is 5.66. The first-order chi connectivity index (χ1) is 14.5. The maximum Gasteiger partial charge on any atom is 0.260 e. The third kappa shape index (κ3) is 2.50. The molecule has 0 saturated carbocycles. The van der Waals surface area contributed by atoms with E-state index >= 15 is 0 Å². The highest BCUT2D eigenvalue weighted by Gasteiger charge is 2.33. The SMILES string of the molecule is COc1ccc([C@@H]2CC(=O)Nc3c2c(=O)n(C)c2nc4ccccc4n32)cc1OC. The normalized spacial score (nSPS) is 15.8. The number of hydrogen-bond acceptors (Lipinski definition) is 5. The summed E-state index contributed by atoms with van der Waals surface area (Å²) in [5.41, 5.74) is 2.73. The van der Waals surface area contributed by atoms with Gasteiger partial charge < -0.3 is 14.8 Å². The van der Waals surface area contributed by atoms with Gasteiger partial charge in [-0.05, 0) is 29.8 Å². The number of hydrogen-bond donors (Lipinski definition) is 1. The number of imidazole rings is 1. The number of anilines is 1. The van der Waals surface area contributed by atoms with Crippen LogP contribution in [0.5, 0.6) is 11.5 Å². The molecule has 1 N–H and O–H groups in total. The Hall–Kier alpha value is -3.81. The van der Waals surface area contributed by atoms with Crippen LogP contribution in [0.1, 0.15) is 23.5 Å². The molecule has 1 amide bonds. The molecule has 2 aromatic heterocycles. The fourth-order valence-corrected chi connectivity index (χ4v) is 4.21. The van der Waals surface area contributed by atoms with Crippen molar-refractivity contribution in [1.29, 1.82) is 0 Å². The van der Waals surface area contributed by atoms with Gasteiger partial charge in [0, 0.05) is 19.4 Å². The van der Waals surface area contributed by atoms with Crippen molar-refractivity contribution in [3.63, 3.8) is 0 Å². The van der Waals surface area contributed by atoms with E-state index in [0.29, 0.717) is 28.7 Å². The summed E-state index contributed by atoms with van der Waals surface area (Å²) in [6.07, 6.45) is 0.163. The van der Waals surface area contributed by atoms with E-state index in [9.17, 15) is 9.59 Å². The first-order valence-corrected chi connectivity index (χ1v) is 9.55. The van der Waals surface area contributed by atoms with Crippen molar-refractivity contribution in [3.05, 3.63) is 63.9 Å². The number of methoxy groups -OCH3 is 2. The second-order valence-electron chi connectivity index (χ2n) is 7.28. The van der Waals surface area contributed by atoms with Crippen molar-refractivity contribution in [2.24, 2.45) is 7.05 Å². The van der Waals surface area contributed by atoms with Gasteiger partial charge in [-0.1, -0.05) is 18.2 Å². The summed E-state index contributed by atoms with van der Waals surface area (Å²) in [7, 11) is 4.83. The minimum atomic E-state index is -0.419. The summed E-state index contributed by atoms with van der Waals surface area (Å²) in [4.78, 5) is 30.6. The highest BCUT2D eigenvalue weighted by atomic mass is 16.5. The van der Waals surface area contributed by atoms with Crippen molar-refractivity contribution < 1.29 is 14.3 Å². The van der Waals surface area contributed by atoms with Crippen molar-refractivity contribution in [2.45, 2.75) is 12.3 Å². The topological polar surface area (TPSA) is 86.9 Å². The number of benzene rings is 2. The number of carbonyl (C=O) groups is 1. The molecule has 1 atom stereocenters. The largest absolute Gasteiger partial charge is 0.493 e. The summed E-state index contributed by atoms with van der Waals surface area (Å²) < 4.78 is 14.1. The minimum absolute atomic E-state index is 0.158. The van der Waals surface area contributed by atoms with Crippen molar-refractivity contribution >= 4 is 28.5 Å². The lowest BCUT2D eigenvalue weighted by atomic mass is 9.86. The molecule has 2 aromatic carbocycles. The average Bonchev–Trinajstić information content (AvgIpc) is 3.16. The third-order valence-corrected chi connectivity index (χ3v) is 5.66. The van der Waals surface area contributed by atoms with Crippen LogP contribution >= 0.6 is 0 Å². The highest BCUT2D eigenvalue weighted by Crippen LogP contribution is 2.39. The van der Waals surface area contributed by atoms with Crippen LogP contribution in [-0.4, -0.2) is 34.1 Å². The molecule has 4 aromatic rings. The Bertz CT molecular complexity index is 1390. The van der Waals surface area contributed by atoms with Crippen molar-refractivity contribution in [3.8, 4) is 11.5 Å². The molecule has 1 aliphatic heterocycles. The molecular weight excluding hydrogens is 384 g/mol. The van der Waals surface area contributed by atoms with Gasteiger partial charge in [-0.15, -0.1) is 0 Å². The van der Waals surface area contributed by atoms with E-state index in [-0.39, 0.29) is 17.9 Å². The Morgan fingerprint density at radius 2 is 1.83 bits per heavy atom. The van der Waals surface area contributed by atoms with Crippen molar-refractivity contribution in [2.75, 3.05) is 19.5 Å². The molecule has 0 radical (unpaired) electrons. The van der Waals surface area contributed by atoms with Crippen LogP contribution in [0, 0.1) is 0 Å². The molecule has 0 fully saturated rings. The number of ether oxygens (including phenoxy) is 2. The number of para-hydroxylation sites is 2. The summed E-state index contributed by atoms with van der Waals surface area (Å²) in [5, 5.41) is 2.91. The van der Waals surface area contributed by atoms with E-state index in [1.54, 1.807) is 27.3 Å². The van der Waals surface area contributed by atoms with Gasteiger partial charge in [0.25, 0.3) is 5.56 Å². The Kier molecular flexibility index (Phi) is 4.02. The molecule has 0 bridgehead atoms. The Balaban J connectivity index is 1.83. The summed E-state index contributed by atoms with van der Waals surface area (Å²) >= 11 is 0. The molecule has 5 rings (SSSR count). The Morgan fingerprint density at radius 1 is 1.07 bits per heavy atom. The molecule has 0 unspecified atom stereocenters. The number of aryl methyl sites for hydroxylation is 1. The van der Waals surface area contributed by atoms with E-state index in [0.717, 1.165) is 16.6 Å². The van der Waals surface area contributed by atoms with Gasteiger partial charge in [0.1, 0.15) is 5.82 Å². The van der Waals surface area contributed by atoms with E-state index in [2.05, 4.69) is 10.3 Å². The second-order valence-corrected chi connectivity index (χ2v) is 7.28. The molecule has 3 heterocycles. The summed E-state index contributed by atoms with van der Waals surface area (Å²) in [6, 6.07) is 13.1. The number of amides is 1. The number of rotatable bonds is 3. The zero-order chi connectivity index (χ0) is 21.0. The lowest BCUT2D eigenvalue weighted by Gasteiger charge is -2.27. The van der Waals surface area contributed by atoms with Crippen LogP contribution in [0.25, 0.3) is 16.8 Å². The Labute approximate surface area is 171 Å².